The van der Waals surface area contributed by atoms with Crippen molar-refractivity contribution in [1.29, 1.82) is 0 Å². The van der Waals surface area contributed by atoms with Gasteiger partial charge < -0.3 is 15.0 Å². The number of rotatable bonds is 2. The van der Waals surface area contributed by atoms with Gasteiger partial charge >= 0.3 is 0 Å². The van der Waals surface area contributed by atoms with E-state index in [-0.39, 0.29) is 6.10 Å². The molecule has 0 bridgehead atoms. The Morgan fingerprint density at radius 3 is 3.12 bits per heavy atom. The minimum absolute atomic E-state index is 0.228. The van der Waals surface area contributed by atoms with E-state index in [9.17, 15) is 5.11 Å². The molecule has 2 unspecified atom stereocenters. The zero-order chi connectivity index (χ0) is 11.0. The molecule has 0 spiro atoms. The zero-order valence-electron chi connectivity index (χ0n) is 9.39. The fourth-order valence-corrected chi connectivity index (χ4v) is 2.67. The third-order valence-corrected chi connectivity index (χ3v) is 3.60. The smallest absolute Gasteiger partial charge is 0.135 e. The largest absolute Gasteiger partial charge is 0.393 e. The van der Waals surface area contributed by atoms with Crippen LogP contribution in [-0.4, -0.2) is 38.6 Å². The van der Waals surface area contributed by atoms with Crippen LogP contribution in [0.25, 0.3) is 0 Å². The third kappa shape index (κ3) is 1.85. The summed E-state index contributed by atoms with van der Waals surface area (Å²) in [5, 5.41) is 21.5. The fourth-order valence-electron chi connectivity index (χ4n) is 2.67. The Balaban J connectivity index is 1.75. The van der Waals surface area contributed by atoms with Crippen LogP contribution in [0.15, 0.2) is 0 Å². The normalized spacial score (nSPS) is 29.3. The lowest BCUT2D eigenvalue weighted by atomic mass is 10.1. The number of nitrogens with one attached hydrogen (secondary N) is 1. The van der Waals surface area contributed by atoms with Crippen LogP contribution in [0.1, 0.15) is 30.9 Å². The molecule has 0 saturated carbocycles. The fraction of sp³-hybridized carbons (Fsp3) is 0.818. The molecule has 2 aliphatic heterocycles. The maximum Gasteiger partial charge on any atom is 0.135 e. The van der Waals surface area contributed by atoms with Gasteiger partial charge in [0, 0.05) is 25.4 Å². The topological polar surface area (TPSA) is 63.0 Å². The van der Waals surface area contributed by atoms with Crippen molar-refractivity contribution in [3.05, 3.63) is 11.6 Å². The molecule has 16 heavy (non-hydrogen) atoms. The van der Waals surface area contributed by atoms with E-state index in [1.54, 1.807) is 0 Å². The Morgan fingerprint density at radius 1 is 1.38 bits per heavy atom. The Bertz CT molecular complexity index is 370. The van der Waals surface area contributed by atoms with E-state index in [0.29, 0.717) is 12.5 Å². The SMILES string of the molecule is OC1CCn2c(nnc2CC2CCCN2)C1. The molecule has 2 N–H and O–H groups in total. The molecule has 1 saturated heterocycles. The first-order valence-corrected chi connectivity index (χ1v) is 6.15. The van der Waals surface area contributed by atoms with E-state index >= 15 is 0 Å². The van der Waals surface area contributed by atoms with Gasteiger partial charge in [-0.15, -0.1) is 10.2 Å². The third-order valence-electron chi connectivity index (χ3n) is 3.60. The van der Waals surface area contributed by atoms with Crippen molar-refractivity contribution < 1.29 is 5.11 Å². The summed E-state index contributed by atoms with van der Waals surface area (Å²) in [6.45, 7) is 2.00. The maximum atomic E-state index is 9.56. The minimum atomic E-state index is -0.228. The van der Waals surface area contributed by atoms with Crippen molar-refractivity contribution in [2.75, 3.05) is 6.54 Å². The van der Waals surface area contributed by atoms with E-state index in [1.807, 2.05) is 0 Å². The summed E-state index contributed by atoms with van der Waals surface area (Å²) < 4.78 is 2.19. The van der Waals surface area contributed by atoms with Gasteiger partial charge in [-0.1, -0.05) is 0 Å². The molecular formula is C11H18N4O. The van der Waals surface area contributed by atoms with Crippen LogP contribution in [0.3, 0.4) is 0 Å². The Morgan fingerprint density at radius 2 is 2.31 bits per heavy atom. The highest BCUT2D eigenvalue weighted by Crippen LogP contribution is 2.17. The molecule has 3 rings (SSSR count). The highest BCUT2D eigenvalue weighted by molar-refractivity contribution is 5.03. The molecule has 2 aliphatic rings. The summed E-state index contributed by atoms with van der Waals surface area (Å²) in [4.78, 5) is 0. The first-order valence-electron chi connectivity index (χ1n) is 6.15. The molecule has 0 amide bonds. The van der Waals surface area contributed by atoms with Gasteiger partial charge in [-0.05, 0) is 25.8 Å². The summed E-state index contributed by atoms with van der Waals surface area (Å²) >= 11 is 0. The molecule has 1 aromatic heterocycles. The van der Waals surface area contributed by atoms with E-state index in [4.69, 9.17) is 0 Å². The summed E-state index contributed by atoms with van der Waals surface area (Å²) in [6, 6.07) is 0.570. The number of aliphatic hydroxyl groups is 1. The monoisotopic (exact) mass is 222 g/mol. The quantitative estimate of drug-likeness (QED) is 0.732. The van der Waals surface area contributed by atoms with Gasteiger partial charge in [0.15, 0.2) is 0 Å². The van der Waals surface area contributed by atoms with Gasteiger partial charge in [0.2, 0.25) is 0 Å². The first-order chi connectivity index (χ1) is 7.83. The molecule has 2 atom stereocenters. The molecule has 1 aromatic rings. The minimum Gasteiger partial charge on any atom is -0.393 e. The Kier molecular flexibility index (Phi) is 2.65. The second-order valence-electron chi connectivity index (χ2n) is 4.83. The highest BCUT2D eigenvalue weighted by Gasteiger charge is 2.23. The molecule has 3 heterocycles. The predicted octanol–water partition coefficient (Wildman–Crippen LogP) is -0.120. The maximum absolute atomic E-state index is 9.56. The highest BCUT2D eigenvalue weighted by atomic mass is 16.3. The number of hydrogen-bond acceptors (Lipinski definition) is 4. The van der Waals surface area contributed by atoms with Gasteiger partial charge in [-0.3, -0.25) is 0 Å². The van der Waals surface area contributed by atoms with Gasteiger partial charge in [0.1, 0.15) is 11.6 Å². The number of hydrogen-bond donors (Lipinski definition) is 2. The molecule has 0 radical (unpaired) electrons. The van der Waals surface area contributed by atoms with E-state index in [1.165, 1.54) is 12.8 Å². The van der Waals surface area contributed by atoms with Gasteiger partial charge in [-0.25, -0.2) is 0 Å². The van der Waals surface area contributed by atoms with Gasteiger partial charge in [0.25, 0.3) is 0 Å². The molecule has 0 aliphatic carbocycles. The van der Waals surface area contributed by atoms with Crippen LogP contribution in [0.2, 0.25) is 0 Å². The summed E-state index contributed by atoms with van der Waals surface area (Å²) in [5.41, 5.74) is 0. The first kappa shape index (κ1) is 10.2. The second-order valence-corrected chi connectivity index (χ2v) is 4.83. The average Bonchev–Trinajstić information content (AvgIpc) is 2.89. The Hall–Kier alpha value is -0.940. The number of nitrogens with zero attached hydrogens (tertiary/aromatic N) is 3. The van der Waals surface area contributed by atoms with Crippen LogP contribution in [0.4, 0.5) is 0 Å². The standard InChI is InChI=1S/C11H18N4O/c16-9-3-5-15-10(13-14-11(15)7-9)6-8-2-1-4-12-8/h8-9,12,16H,1-7H2. The van der Waals surface area contributed by atoms with Crippen LogP contribution in [0, 0.1) is 0 Å². The van der Waals surface area contributed by atoms with Crippen LogP contribution in [0.5, 0.6) is 0 Å². The average molecular weight is 222 g/mol. The van der Waals surface area contributed by atoms with Crippen molar-refractivity contribution in [1.82, 2.24) is 20.1 Å². The van der Waals surface area contributed by atoms with Crippen molar-refractivity contribution >= 4 is 0 Å². The number of aromatic nitrogens is 3. The second kappa shape index (κ2) is 4.14. The van der Waals surface area contributed by atoms with Crippen molar-refractivity contribution in [2.24, 2.45) is 0 Å². The van der Waals surface area contributed by atoms with E-state index < -0.39 is 0 Å². The lowest BCUT2D eigenvalue weighted by Gasteiger charge is -2.20. The molecular weight excluding hydrogens is 204 g/mol. The summed E-state index contributed by atoms with van der Waals surface area (Å²) in [5.74, 6) is 2.04. The molecule has 5 nitrogen and oxygen atoms in total. The van der Waals surface area contributed by atoms with Gasteiger partial charge in [0.05, 0.1) is 6.10 Å². The van der Waals surface area contributed by atoms with Gasteiger partial charge in [-0.2, -0.15) is 0 Å². The van der Waals surface area contributed by atoms with E-state index in [0.717, 1.165) is 37.6 Å². The lowest BCUT2D eigenvalue weighted by Crippen LogP contribution is -2.28. The molecule has 1 fully saturated rings. The lowest BCUT2D eigenvalue weighted by molar-refractivity contribution is 0.141. The van der Waals surface area contributed by atoms with Crippen molar-refractivity contribution in [3.63, 3.8) is 0 Å². The number of fused-ring (bicyclic) bond motifs is 1. The molecule has 88 valence electrons. The molecule has 5 heteroatoms. The Labute approximate surface area is 94.9 Å². The zero-order valence-corrected chi connectivity index (χ0v) is 9.39. The van der Waals surface area contributed by atoms with Crippen LogP contribution < -0.4 is 5.32 Å². The predicted molar refractivity (Wildman–Crippen MR) is 59.1 cm³/mol. The van der Waals surface area contributed by atoms with E-state index in [2.05, 4.69) is 20.1 Å². The van der Waals surface area contributed by atoms with Crippen molar-refractivity contribution in [2.45, 2.75) is 50.8 Å². The summed E-state index contributed by atoms with van der Waals surface area (Å²) in [6.07, 6.45) is 4.74. The van der Waals surface area contributed by atoms with Crippen LogP contribution in [-0.2, 0) is 19.4 Å². The van der Waals surface area contributed by atoms with Crippen LogP contribution >= 0.6 is 0 Å². The van der Waals surface area contributed by atoms with Crippen molar-refractivity contribution in [3.8, 4) is 0 Å². The molecule has 0 aromatic carbocycles. The number of aliphatic hydroxyl groups excluding tert-OH is 1. The summed E-state index contributed by atoms with van der Waals surface area (Å²) in [7, 11) is 0.